The maximum absolute atomic E-state index is 12.7. The normalized spacial score (nSPS) is 14.7. The summed E-state index contributed by atoms with van der Waals surface area (Å²) in [6.45, 7) is 4.26. The highest BCUT2D eigenvalue weighted by Crippen LogP contribution is 2.18. The van der Waals surface area contributed by atoms with Gasteiger partial charge >= 0.3 is 5.97 Å². The highest BCUT2D eigenvalue weighted by molar-refractivity contribution is 7.89. The molecule has 10 heteroatoms. The third-order valence-electron chi connectivity index (χ3n) is 5.29. The summed E-state index contributed by atoms with van der Waals surface area (Å²) in [6, 6.07) is 15.0. The van der Waals surface area contributed by atoms with Gasteiger partial charge in [0.1, 0.15) is 6.61 Å². The smallest absolute Gasteiger partial charge is 0.338 e. The molecule has 0 spiro atoms. The van der Waals surface area contributed by atoms with Crippen LogP contribution in [-0.4, -0.2) is 54.0 Å². The average Bonchev–Trinajstić information content (AvgIpc) is 3.15. The second kappa shape index (κ2) is 9.16. The monoisotopic (exact) mass is 468 g/mol. The fourth-order valence-electron chi connectivity index (χ4n) is 3.59. The van der Waals surface area contributed by atoms with Crippen LogP contribution in [-0.2, 0) is 26.2 Å². The third kappa shape index (κ3) is 4.96. The number of rotatable bonds is 6. The Morgan fingerprint density at radius 2 is 1.79 bits per heavy atom. The van der Waals surface area contributed by atoms with Crippen LogP contribution in [0.15, 0.2) is 59.5 Å². The predicted octanol–water partition coefficient (Wildman–Crippen LogP) is 1.97. The van der Waals surface area contributed by atoms with Gasteiger partial charge in [-0.25, -0.2) is 17.9 Å². The van der Waals surface area contributed by atoms with Gasteiger partial charge in [-0.1, -0.05) is 12.1 Å². The van der Waals surface area contributed by atoms with Crippen molar-refractivity contribution in [1.82, 2.24) is 19.4 Å². The quantitative estimate of drug-likeness (QED) is 0.554. The fraction of sp³-hybridized carbons (Fsp3) is 0.261. The Morgan fingerprint density at radius 1 is 1.09 bits per heavy atom. The number of piperazine rings is 1. The molecule has 0 saturated carbocycles. The molecule has 9 nitrogen and oxygen atoms in total. The number of esters is 1. The molecule has 3 aromatic rings. The van der Waals surface area contributed by atoms with Crippen LogP contribution >= 0.6 is 0 Å². The standard InChI is InChI=1S/C23H24N4O5S/c1-16-13-17(2)27(25-16)20-7-3-18(4-8-20)15-32-23(29)19-5-9-21(10-6-19)33(30,31)26-12-11-24-22(28)14-26/h3-10,13H,11-12,14-15H2,1-2H3,(H,24,28). The summed E-state index contributed by atoms with van der Waals surface area (Å²) in [4.78, 5) is 23.9. The van der Waals surface area contributed by atoms with Crippen molar-refractivity contribution in [2.24, 2.45) is 0 Å². The summed E-state index contributed by atoms with van der Waals surface area (Å²) < 4.78 is 33.7. The van der Waals surface area contributed by atoms with Crippen LogP contribution in [0, 0.1) is 13.8 Å². The van der Waals surface area contributed by atoms with Gasteiger partial charge in [0.05, 0.1) is 28.4 Å². The molecule has 172 valence electrons. The minimum absolute atomic E-state index is 0.0218. The number of nitrogens with zero attached hydrogens (tertiary/aromatic N) is 3. The Balaban J connectivity index is 1.38. The molecule has 0 radical (unpaired) electrons. The maximum Gasteiger partial charge on any atom is 0.338 e. The molecule has 0 atom stereocenters. The van der Waals surface area contributed by atoms with E-state index in [1.165, 1.54) is 24.3 Å². The van der Waals surface area contributed by atoms with E-state index >= 15 is 0 Å². The number of hydrogen-bond acceptors (Lipinski definition) is 6. The zero-order chi connectivity index (χ0) is 23.6. The lowest BCUT2D eigenvalue weighted by Crippen LogP contribution is -2.49. The Kier molecular flexibility index (Phi) is 6.30. The molecule has 0 unspecified atom stereocenters. The van der Waals surface area contributed by atoms with Crippen molar-refractivity contribution >= 4 is 21.9 Å². The molecule has 1 saturated heterocycles. The van der Waals surface area contributed by atoms with Crippen molar-refractivity contribution < 1.29 is 22.7 Å². The van der Waals surface area contributed by atoms with Gasteiger partial charge in [-0.2, -0.15) is 9.40 Å². The van der Waals surface area contributed by atoms with Gasteiger partial charge in [0, 0.05) is 18.8 Å². The van der Waals surface area contributed by atoms with Gasteiger partial charge in [0.25, 0.3) is 0 Å². The molecule has 2 heterocycles. The number of hydrogen-bond donors (Lipinski definition) is 1. The SMILES string of the molecule is Cc1cc(C)n(-c2ccc(COC(=O)c3ccc(S(=O)(=O)N4CCNC(=O)C4)cc3)cc2)n1. The molecule has 0 bridgehead atoms. The maximum atomic E-state index is 12.7. The highest BCUT2D eigenvalue weighted by Gasteiger charge is 2.29. The Hall–Kier alpha value is -3.50. The van der Waals surface area contributed by atoms with Crippen LogP contribution in [0.25, 0.3) is 5.69 Å². The number of carbonyl (C=O) groups is 2. The zero-order valence-corrected chi connectivity index (χ0v) is 19.1. The van der Waals surface area contributed by atoms with E-state index in [1.54, 1.807) is 0 Å². The molecule has 1 aliphatic rings. The van der Waals surface area contributed by atoms with Crippen LogP contribution < -0.4 is 5.32 Å². The summed E-state index contributed by atoms with van der Waals surface area (Å²) in [6.07, 6.45) is 0. The Morgan fingerprint density at radius 3 is 2.39 bits per heavy atom. The number of nitrogens with one attached hydrogen (secondary N) is 1. The van der Waals surface area contributed by atoms with Crippen LogP contribution in [0.1, 0.15) is 27.3 Å². The summed E-state index contributed by atoms with van der Waals surface area (Å²) >= 11 is 0. The molecule has 1 amide bonds. The van der Waals surface area contributed by atoms with Crippen LogP contribution in [0.5, 0.6) is 0 Å². The van der Waals surface area contributed by atoms with Gasteiger partial charge in [-0.15, -0.1) is 0 Å². The lowest BCUT2D eigenvalue weighted by atomic mass is 10.2. The number of carbonyl (C=O) groups excluding carboxylic acids is 2. The first-order chi connectivity index (χ1) is 15.7. The highest BCUT2D eigenvalue weighted by atomic mass is 32.2. The van der Waals surface area contributed by atoms with E-state index in [9.17, 15) is 18.0 Å². The minimum atomic E-state index is -3.81. The predicted molar refractivity (Wildman–Crippen MR) is 120 cm³/mol. The van der Waals surface area contributed by atoms with E-state index in [0.717, 1.165) is 26.9 Å². The van der Waals surface area contributed by atoms with Gasteiger partial charge < -0.3 is 10.1 Å². The van der Waals surface area contributed by atoms with Gasteiger partial charge in [-0.05, 0) is 61.9 Å². The number of aromatic nitrogens is 2. The molecule has 0 aliphatic carbocycles. The van der Waals surface area contributed by atoms with Crippen molar-refractivity contribution in [3.8, 4) is 5.69 Å². The molecule has 1 N–H and O–H groups in total. The first-order valence-electron chi connectivity index (χ1n) is 10.4. The first kappa shape index (κ1) is 22.7. The van der Waals surface area contributed by atoms with Crippen molar-refractivity contribution in [3.05, 3.63) is 77.1 Å². The summed E-state index contributed by atoms with van der Waals surface area (Å²) in [5, 5.41) is 7.04. The van der Waals surface area contributed by atoms with Crippen molar-refractivity contribution in [3.63, 3.8) is 0 Å². The number of ether oxygens (including phenoxy) is 1. The van der Waals surface area contributed by atoms with Crippen LogP contribution in [0.4, 0.5) is 0 Å². The summed E-state index contributed by atoms with van der Waals surface area (Å²) in [7, 11) is -3.81. The van der Waals surface area contributed by atoms with Crippen LogP contribution in [0.3, 0.4) is 0 Å². The largest absolute Gasteiger partial charge is 0.457 e. The van der Waals surface area contributed by atoms with Crippen molar-refractivity contribution in [2.45, 2.75) is 25.3 Å². The first-order valence-corrected chi connectivity index (χ1v) is 11.8. The van der Waals surface area contributed by atoms with E-state index in [0.29, 0.717) is 0 Å². The van der Waals surface area contributed by atoms with Gasteiger partial charge in [0.2, 0.25) is 15.9 Å². The number of amides is 1. The number of sulfonamides is 1. The topological polar surface area (TPSA) is 111 Å². The van der Waals surface area contributed by atoms with Gasteiger partial charge in [0.15, 0.2) is 0 Å². The second-order valence-electron chi connectivity index (χ2n) is 7.79. The summed E-state index contributed by atoms with van der Waals surface area (Å²) in [5.41, 5.74) is 3.94. The lowest BCUT2D eigenvalue weighted by Gasteiger charge is -2.25. The minimum Gasteiger partial charge on any atom is -0.457 e. The molecule has 4 rings (SSSR count). The number of benzene rings is 2. The molecule has 33 heavy (non-hydrogen) atoms. The fourth-order valence-corrected chi connectivity index (χ4v) is 4.99. The van der Waals surface area contributed by atoms with Gasteiger partial charge in [-0.3, -0.25) is 4.79 Å². The average molecular weight is 469 g/mol. The molecular formula is C23H24N4O5S. The summed E-state index contributed by atoms with van der Waals surface area (Å²) in [5.74, 6) is -0.896. The van der Waals surface area contributed by atoms with Crippen LogP contribution in [0.2, 0.25) is 0 Å². The third-order valence-corrected chi connectivity index (χ3v) is 7.15. The Labute approximate surface area is 192 Å². The van der Waals surface area contributed by atoms with E-state index in [1.807, 2.05) is 48.9 Å². The lowest BCUT2D eigenvalue weighted by molar-refractivity contribution is -0.122. The number of aryl methyl sites for hydroxylation is 2. The van der Waals surface area contributed by atoms with E-state index in [4.69, 9.17) is 4.74 Å². The molecule has 1 aliphatic heterocycles. The zero-order valence-electron chi connectivity index (χ0n) is 18.3. The molecule has 2 aromatic carbocycles. The Bertz CT molecular complexity index is 1280. The van der Waals surface area contributed by atoms with Crippen molar-refractivity contribution in [1.29, 1.82) is 0 Å². The second-order valence-corrected chi connectivity index (χ2v) is 9.73. The van der Waals surface area contributed by atoms with E-state index < -0.39 is 16.0 Å². The van der Waals surface area contributed by atoms with Crippen molar-refractivity contribution in [2.75, 3.05) is 19.6 Å². The van der Waals surface area contributed by atoms with E-state index in [2.05, 4.69) is 10.4 Å². The van der Waals surface area contributed by atoms with E-state index in [-0.39, 0.29) is 42.6 Å². The molecule has 1 aromatic heterocycles. The molecule has 1 fully saturated rings. The molecular weight excluding hydrogens is 444 g/mol.